The highest BCUT2D eigenvalue weighted by atomic mass is 32.2. The van der Waals surface area contributed by atoms with Gasteiger partial charge in [0.2, 0.25) is 5.91 Å². The summed E-state index contributed by atoms with van der Waals surface area (Å²) in [5.74, 6) is -0.672. The largest absolute Gasteiger partial charge is 0.446 e. The van der Waals surface area contributed by atoms with E-state index in [1.54, 1.807) is 6.92 Å². The lowest BCUT2D eigenvalue weighted by atomic mass is 10.2. The van der Waals surface area contributed by atoms with Crippen LogP contribution < -0.4 is 5.32 Å². The first-order chi connectivity index (χ1) is 10.6. The molecule has 0 radical (unpaired) electrons. The third-order valence-electron chi connectivity index (χ3n) is 2.79. The first-order valence-corrected chi connectivity index (χ1v) is 7.88. The molecule has 0 bridgehead atoms. The van der Waals surface area contributed by atoms with E-state index in [1.165, 1.54) is 29.2 Å². The van der Waals surface area contributed by atoms with Gasteiger partial charge in [-0.15, -0.1) is 0 Å². The summed E-state index contributed by atoms with van der Waals surface area (Å²) in [7, 11) is 0. The van der Waals surface area contributed by atoms with Crippen LogP contribution in [0.25, 0.3) is 0 Å². The van der Waals surface area contributed by atoms with Gasteiger partial charge in [-0.3, -0.25) is 9.59 Å². The molecule has 128 valence electrons. The van der Waals surface area contributed by atoms with Crippen LogP contribution in [-0.2, 0) is 4.79 Å². The van der Waals surface area contributed by atoms with Gasteiger partial charge in [0.25, 0.3) is 5.91 Å². The van der Waals surface area contributed by atoms with Crippen LogP contribution in [-0.4, -0.2) is 41.4 Å². The molecule has 0 atom stereocenters. The molecular formula is C15H19F3N2O2S. The molecule has 0 saturated carbocycles. The summed E-state index contributed by atoms with van der Waals surface area (Å²) in [6.45, 7) is 5.59. The third kappa shape index (κ3) is 6.94. The number of carbonyl (C=O) groups is 2. The number of thioether (sulfide) groups is 1. The summed E-state index contributed by atoms with van der Waals surface area (Å²) < 4.78 is 36.8. The quantitative estimate of drug-likeness (QED) is 0.803. The van der Waals surface area contributed by atoms with E-state index in [-0.39, 0.29) is 40.7 Å². The molecule has 0 fully saturated rings. The number of hydrogen-bond acceptors (Lipinski definition) is 3. The number of nitrogens with one attached hydrogen (secondary N) is 1. The fourth-order valence-corrected chi connectivity index (χ4v) is 2.39. The van der Waals surface area contributed by atoms with Crippen molar-refractivity contribution in [2.24, 2.45) is 0 Å². The Bertz CT molecular complexity index is 545. The van der Waals surface area contributed by atoms with Gasteiger partial charge >= 0.3 is 5.51 Å². The second-order valence-corrected chi connectivity index (χ2v) is 6.25. The molecule has 0 spiro atoms. The van der Waals surface area contributed by atoms with Crippen LogP contribution >= 0.6 is 11.8 Å². The van der Waals surface area contributed by atoms with Gasteiger partial charge in [-0.2, -0.15) is 13.2 Å². The molecule has 2 amide bonds. The zero-order chi connectivity index (χ0) is 17.6. The van der Waals surface area contributed by atoms with Gasteiger partial charge in [0, 0.05) is 23.0 Å². The van der Waals surface area contributed by atoms with E-state index in [0.29, 0.717) is 6.54 Å². The molecule has 8 heteroatoms. The number of alkyl halides is 3. The van der Waals surface area contributed by atoms with E-state index < -0.39 is 11.4 Å². The molecule has 1 aromatic rings. The highest BCUT2D eigenvalue weighted by molar-refractivity contribution is 8.00. The first kappa shape index (κ1) is 19.3. The maximum Gasteiger partial charge on any atom is 0.446 e. The number of rotatable bonds is 6. The molecule has 0 aliphatic rings. The van der Waals surface area contributed by atoms with Crippen molar-refractivity contribution in [1.29, 1.82) is 0 Å². The number of likely N-dealkylation sites (N-methyl/N-ethyl adjacent to an activating group) is 1. The molecule has 0 aliphatic carbocycles. The van der Waals surface area contributed by atoms with Crippen molar-refractivity contribution >= 4 is 23.6 Å². The van der Waals surface area contributed by atoms with Crippen molar-refractivity contribution in [2.75, 3.05) is 13.1 Å². The normalized spacial score (nSPS) is 11.4. The maximum absolute atomic E-state index is 12.3. The average molecular weight is 348 g/mol. The summed E-state index contributed by atoms with van der Waals surface area (Å²) in [6, 6.07) is 5.12. The highest BCUT2D eigenvalue weighted by Gasteiger charge is 2.29. The van der Waals surface area contributed by atoms with E-state index in [2.05, 4.69) is 5.32 Å². The van der Waals surface area contributed by atoms with Gasteiger partial charge in [0.05, 0.1) is 6.54 Å². The van der Waals surface area contributed by atoms with E-state index >= 15 is 0 Å². The smallest absolute Gasteiger partial charge is 0.352 e. The van der Waals surface area contributed by atoms with Crippen molar-refractivity contribution in [3.8, 4) is 0 Å². The monoisotopic (exact) mass is 348 g/mol. The predicted octanol–water partition coefficient (Wildman–Crippen LogP) is 3.29. The van der Waals surface area contributed by atoms with Crippen LogP contribution in [0.1, 0.15) is 31.1 Å². The van der Waals surface area contributed by atoms with Crippen LogP contribution in [0.4, 0.5) is 13.2 Å². The maximum atomic E-state index is 12.3. The van der Waals surface area contributed by atoms with Crippen LogP contribution in [0, 0.1) is 0 Å². The topological polar surface area (TPSA) is 49.4 Å². The fraction of sp³-hybridized carbons (Fsp3) is 0.467. The van der Waals surface area contributed by atoms with Crippen LogP contribution in [0.2, 0.25) is 0 Å². The molecule has 23 heavy (non-hydrogen) atoms. The number of halogens is 3. The molecule has 0 heterocycles. The standard InChI is InChI=1S/C15H19F3N2O2S/c1-4-20(9-13(21)19-10(2)3)14(22)11-5-7-12(8-6-11)23-15(16,17)18/h5-8,10H,4,9H2,1-3H3,(H,19,21). The zero-order valence-corrected chi connectivity index (χ0v) is 13.9. The Morgan fingerprint density at radius 2 is 1.78 bits per heavy atom. The zero-order valence-electron chi connectivity index (χ0n) is 13.1. The van der Waals surface area contributed by atoms with Gasteiger partial charge in [-0.1, -0.05) is 0 Å². The molecule has 0 unspecified atom stereocenters. The second kappa shape index (κ2) is 8.24. The Morgan fingerprint density at radius 1 is 1.22 bits per heavy atom. The minimum atomic E-state index is -4.37. The van der Waals surface area contributed by atoms with Crippen LogP contribution in [0.15, 0.2) is 29.2 Å². The molecule has 0 aromatic heterocycles. The molecule has 1 rings (SSSR count). The Morgan fingerprint density at radius 3 is 2.22 bits per heavy atom. The highest BCUT2D eigenvalue weighted by Crippen LogP contribution is 2.36. The summed E-state index contributed by atoms with van der Waals surface area (Å²) >= 11 is -0.236. The van der Waals surface area contributed by atoms with Crippen molar-refractivity contribution in [1.82, 2.24) is 10.2 Å². The molecular weight excluding hydrogens is 329 g/mol. The van der Waals surface area contributed by atoms with Gasteiger partial charge in [0.1, 0.15) is 0 Å². The second-order valence-electron chi connectivity index (χ2n) is 5.11. The van der Waals surface area contributed by atoms with E-state index in [1.807, 2.05) is 13.8 Å². The summed E-state index contributed by atoms with van der Waals surface area (Å²) in [6.07, 6.45) is 0. The summed E-state index contributed by atoms with van der Waals surface area (Å²) in [4.78, 5) is 25.4. The summed E-state index contributed by atoms with van der Waals surface area (Å²) in [5, 5.41) is 2.69. The average Bonchev–Trinajstić information content (AvgIpc) is 2.42. The van der Waals surface area contributed by atoms with Crippen molar-refractivity contribution in [3.05, 3.63) is 29.8 Å². The number of amides is 2. The third-order valence-corrected chi connectivity index (χ3v) is 3.53. The minimum absolute atomic E-state index is 0.00893. The van der Waals surface area contributed by atoms with E-state index in [9.17, 15) is 22.8 Å². The van der Waals surface area contributed by atoms with Gasteiger partial charge < -0.3 is 10.2 Å². The van der Waals surface area contributed by atoms with E-state index in [4.69, 9.17) is 0 Å². The molecule has 0 aliphatic heterocycles. The van der Waals surface area contributed by atoms with Crippen molar-refractivity contribution in [2.45, 2.75) is 37.2 Å². The van der Waals surface area contributed by atoms with Gasteiger partial charge in [-0.25, -0.2) is 0 Å². The number of benzene rings is 1. The number of carbonyl (C=O) groups excluding carboxylic acids is 2. The Kier molecular flexibility index (Phi) is 6.93. The first-order valence-electron chi connectivity index (χ1n) is 7.06. The van der Waals surface area contributed by atoms with Crippen LogP contribution in [0.3, 0.4) is 0 Å². The van der Waals surface area contributed by atoms with Crippen molar-refractivity contribution in [3.63, 3.8) is 0 Å². The Labute approximate surface area is 137 Å². The lowest BCUT2D eigenvalue weighted by Gasteiger charge is -2.21. The fourth-order valence-electron chi connectivity index (χ4n) is 1.85. The van der Waals surface area contributed by atoms with E-state index in [0.717, 1.165) is 0 Å². The van der Waals surface area contributed by atoms with Crippen molar-refractivity contribution < 1.29 is 22.8 Å². The predicted molar refractivity (Wildman–Crippen MR) is 83.2 cm³/mol. The molecule has 4 nitrogen and oxygen atoms in total. The Balaban J connectivity index is 2.76. The summed E-state index contributed by atoms with van der Waals surface area (Å²) in [5.41, 5.74) is -4.12. The van der Waals surface area contributed by atoms with Gasteiger partial charge in [-0.05, 0) is 56.8 Å². The number of hydrogen-bond donors (Lipinski definition) is 1. The van der Waals surface area contributed by atoms with Crippen LogP contribution in [0.5, 0.6) is 0 Å². The lowest BCUT2D eigenvalue weighted by molar-refractivity contribution is -0.122. The molecule has 1 N–H and O–H groups in total. The minimum Gasteiger partial charge on any atom is -0.352 e. The number of nitrogens with zero attached hydrogens (tertiary/aromatic N) is 1. The SMILES string of the molecule is CCN(CC(=O)NC(C)C)C(=O)c1ccc(SC(F)(F)F)cc1. The van der Waals surface area contributed by atoms with Gasteiger partial charge in [0.15, 0.2) is 0 Å². The molecule has 1 aromatic carbocycles. The molecule has 0 saturated heterocycles. The lowest BCUT2D eigenvalue weighted by Crippen LogP contribution is -2.42. The Hall–Kier alpha value is -1.70.